The third kappa shape index (κ3) is 2.37. The van der Waals surface area contributed by atoms with Crippen LogP contribution in [0.25, 0.3) is 0 Å². The van der Waals surface area contributed by atoms with Crippen LogP contribution in [0.2, 0.25) is 0 Å². The van der Waals surface area contributed by atoms with Crippen molar-refractivity contribution in [3.63, 3.8) is 0 Å². The monoisotopic (exact) mass is 317 g/mol. The number of nitrogens with zero attached hydrogens (tertiary/aromatic N) is 1. The predicted octanol–water partition coefficient (Wildman–Crippen LogP) is 2.45. The van der Waals surface area contributed by atoms with Gasteiger partial charge in [0.1, 0.15) is 0 Å². The highest BCUT2D eigenvalue weighted by atomic mass is 79.9. The molecule has 2 heterocycles. The van der Waals surface area contributed by atoms with Gasteiger partial charge in [-0.15, -0.1) is 11.3 Å². The topological polar surface area (TPSA) is 57.6 Å². The van der Waals surface area contributed by atoms with Gasteiger partial charge in [0.05, 0.1) is 14.1 Å². The van der Waals surface area contributed by atoms with Crippen LogP contribution in [0, 0.1) is 5.41 Å². The maximum absolute atomic E-state index is 12.1. The molecule has 4 nitrogen and oxygen atoms in total. The number of amides is 1. The Bertz CT molecular complexity index is 473. The number of carbonyl (C=O) groups is 2. The Labute approximate surface area is 111 Å². The molecule has 17 heavy (non-hydrogen) atoms. The second kappa shape index (κ2) is 4.42. The Morgan fingerprint density at radius 1 is 1.53 bits per heavy atom. The second-order valence-electron chi connectivity index (χ2n) is 4.45. The van der Waals surface area contributed by atoms with E-state index in [-0.39, 0.29) is 12.5 Å². The zero-order valence-electron chi connectivity index (χ0n) is 9.27. The van der Waals surface area contributed by atoms with Crippen molar-refractivity contribution in [1.82, 2.24) is 4.90 Å². The molecular weight excluding hydrogens is 306 g/mol. The van der Waals surface area contributed by atoms with E-state index in [0.717, 1.165) is 3.79 Å². The minimum Gasteiger partial charge on any atom is -0.481 e. The lowest BCUT2D eigenvalue weighted by atomic mass is 9.90. The number of carbonyl (C=O) groups excluding carboxylic acids is 1. The molecule has 92 valence electrons. The van der Waals surface area contributed by atoms with Crippen LogP contribution in [0.1, 0.15) is 23.0 Å². The number of hydrogen-bond acceptors (Lipinski definition) is 3. The Morgan fingerprint density at radius 3 is 2.71 bits per heavy atom. The molecule has 1 aliphatic heterocycles. The van der Waals surface area contributed by atoms with Crippen LogP contribution < -0.4 is 0 Å². The molecule has 0 spiro atoms. The van der Waals surface area contributed by atoms with E-state index in [9.17, 15) is 9.59 Å². The van der Waals surface area contributed by atoms with Crippen molar-refractivity contribution in [1.29, 1.82) is 0 Å². The summed E-state index contributed by atoms with van der Waals surface area (Å²) in [5, 5.41) is 9.10. The maximum atomic E-state index is 12.1. The Morgan fingerprint density at radius 2 is 2.24 bits per heavy atom. The van der Waals surface area contributed by atoms with Crippen molar-refractivity contribution in [3.8, 4) is 0 Å². The molecule has 1 aromatic heterocycles. The fourth-order valence-electron chi connectivity index (χ4n) is 1.89. The first-order chi connectivity index (χ1) is 7.92. The summed E-state index contributed by atoms with van der Waals surface area (Å²) in [6, 6.07) is 3.58. The lowest BCUT2D eigenvalue weighted by molar-refractivity contribution is -0.147. The summed E-state index contributed by atoms with van der Waals surface area (Å²) in [4.78, 5) is 25.4. The Balaban J connectivity index is 2.11. The summed E-state index contributed by atoms with van der Waals surface area (Å²) in [5.74, 6) is -0.911. The smallest absolute Gasteiger partial charge is 0.311 e. The van der Waals surface area contributed by atoms with Crippen LogP contribution in [0.3, 0.4) is 0 Å². The number of hydrogen-bond donors (Lipinski definition) is 1. The normalized spacial score (nSPS) is 24.0. The number of carboxylic acids is 1. The summed E-state index contributed by atoms with van der Waals surface area (Å²) in [6.45, 7) is 2.49. The standard InChI is InChI=1S/C11H12BrNO3S/c1-11(10(15)16)4-5-13(6-11)9(14)7-2-3-8(12)17-7/h2-3H,4-6H2,1H3,(H,15,16)/t11-/m1/s1. The highest BCUT2D eigenvalue weighted by Crippen LogP contribution is 2.32. The summed E-state index contributed by atoms with van der Waals surface area (Å²) in [5.41, 5.74) is -0.801. The third-order valence-corrected chi connectivity index (χ3v) is 4.67. The fourth-order valence-corrected chi connectivity index (χ4v) is 3.25. The zero-order chi connectivity index (χ0) is 12.6. The van der Waals surface area contributed by atoms with E-state index in [1.807, 2.05) is 6.07 Å². The molecule has 0 radical (unpaired) electrons. The molecule has 1 saturated heterocycles. The van der Waals surface area contributed by atoms with Gasteiger partial charge in [-0.3, -0.25) is 9.59 Å². The van der Waals surface area contributed by atoms with Crippen LogP contribution in [0.15, 0.2) is 15.9 Å². The fraction of sp³-hybridized carbons (Fsp3) is 0.455. The Kier molecular flexibility index (Phi) is 3.27. The van der Waals surface area contributed by atoms with Crippen LogP contribution >= 0.6 is 27.3 Å². The predicted molar refractivity (Wildman–Crippen MR) is 68.3 cm³/mol. The van der Waals surface area contributed by atoms with Crippen molar-refractivity contribution in [2.75, 3.05) is 13.1 Å². The molecule has 1 aliphatic rings. The molecular formula is C11H12BrNO3S. The van der Waals surface area contributed by atoms with E-state index in [1.165, 1.54) is 11.3 Å². The number of likely N-dealkylation sites (tertiary alicyclic amines) is 1. The second-order valence-corrected chi connectivity index (χ2v) is 6.91. The summed E-state index contributed by atoms with van der Waals surface area (Å²) in [6.07, 6.45) is 0.515. The third-order valence-electron chi connectivity index (χ3n) is 3.06. The molecule has 1 aromatic rings. The number of aliphatic carboxylic acids is 1. The summed E-state index contributed by atoms with van der Waals surface area (Å²) < 4.78 is 0.904. The van der Waals surface area contributed by atoms with E-state index in [2.05, 4.69) is 15.9 Å². The molecule has 0 aliphatic carbocycles. The van der Waals surface area contributed by atoms with Crippen molar-refractivity contribution < 1.29 is 14.7 Å². The molecule has 1 amide bonds. The van der Waals surface area contributed by atoms with Gasteiger partial charge in [-0.25, -0.2) is 0 Å². The molecule has 0 bridgehead atoms. The van der Waals surface area contributed by atoms with E-state index >= 15 is 0 Å². The molecule has 0 unspecified atom stereocenters. The molecule has 1 fully saturated rings. The van der Waals surface area contributed by atoms with Gasteiger partial charge < -0.3 is 10.0 Å². The van der Waals surface area contributed by atoms with Crippen molar-refractivity contribution in [3.05, 3.63) is 20.8 Å². The first kappa shape index (κ1) is 12.6. The van der Waals surface area contributed by atoms with Crippen molar-refractivity contribution in [2.45, 2.75) is 13.3 Å². The van der Waals surface area contributed by atoms with Crippen LogP contribution in [-0.2, 0) is 4.79 Å². The average Bonchev–Trinajstić information content (AvgIpc) is 2.85. The lowest BCUT2D eigenvalue weighted by Gasteiger charge is -2.19. The number of rotatable bonds is 2. The van der Waals surface area contributed by atoms with Gasteiger partial charge in [-0.2, -0.15) is 0 Å². The summed E-state index contributed by atoms with van der Waals surface area (Å²) in [7, 11) is 0. The van der Waals surface area contributed by atoms with Gasteiger partial charge in [0.25, 0.3) is 5.91 Å². The minimum atomic E-state index is -0.833. The van der Waals surface area contributed by atoms with E-state index in [4.69, 9.17) is 5.11 Å². The number of thiophene rings is 1. The van der Waals surface area contributed by atoms with Gasteiger partial charge in [0.2, 0.25) is 0 Å². The molecule has 1 atom stereocenters. The summed E-state index contributed by atoms with van der Waals surface area (Å²) >= 11 is 4.68. The molecule has 1 N–H and O–H groups in total. The first-order valence-electron chi connectivity index (χ1n) is 5.20. The van der Waals surface area contributed by atoms with Crippen LogP contribution in [-0.4, -0.2) is 35.0 Å². The largest absolute Gasteiger partial charge is 0.481 e. The van der Waals surface area contributed by atoms with Gasteiger partial charge in [0, 0.05) is 13.1 Å². The van der Waals surface area contributed by atoms with Gasteiger partial charge in [-0.05, 0) is 41.4 Å². The number of halogens is 1. The SMILES string of the molecule is C[C@@]1(C(=O)O)CCN(C(=O)c2ccc(Br)s2)C1. The van der Waals surface area contributed by atoms with Crippen LogP contribution in [0.4, 0.5) is 0 Å². The average molecular weight is 318 g/mol. The van der Waals surface area contributed by atoms with Crippen molar-refractivity contribution in [2.24, 2.45) is 5.41 Å². The molecule has 2 rings (SSSR count). The lowest BCUT2D eigenvalue weighted by Crippen LogP contribution is -2.34. The van der Waals surface area contributed by atoms with E-state index in [0.29, 0.717) is 17.8 Å². The van der Waals surface area contributed by atoms with Gasteiger partial charge in [-0.1, -0.05) is 0 Å². The number of carboxylic acid groups (broad SMARTS) is 1. The van der Waals surface area contributed by atoms with E-state index < -0.39 is 11.4 Å². The van der Waals surface area contributed by atoms with Gasteiger partial charge in [0.15, 0.2) is 0 Å². The maximum Gasteiger partial charge on any atom is 0.311 e. The van der Waals surface area contributed by atoms with Crippen molar-refractivity contribution >= 4 is 39.1 Å². The first-order valence-corrected chi connectivity index (χ1v) is 6.81. The van der Waals surface area contributed by atoms with Gasteiger partial charge >= 0.3 is 5.97 Å². The highest BCUT2D eigenvalue weighted by molar-refractivity contribution is 9.11. The quantitative estimate of drug-likeness (QED) is 0.911. The highest BCUT2D eigenvalue weighted by Gasteiger charge is 2.42. The van der Waals surface area contributed by atoms with E-state index in [1.54, 1.807) is 17.9 Å². The Hall–Kier alpha value is -0.880. The minimum absolute atomic E-state index is 0.0781. The van der Waals surface area contributed by atoms with Crippen LogP contribution in [0.5, 0.6) is 0 Å². The molecule has 6 heteroatoms. The molecule has 0 saturated carbocycles. The molecule has 0 aromatic carbocycles. The zero-order valence-corrected chi connectivity index (χ0v) is 11.7.